The first-order chi connectivity index (χ1) is 14.7. The maximum Gasteiger partial charge on any atom is 0.231 e. The van der Waals surface area contributed by atoms with Crippen molar-refractivity contribution in [1.82, 2.24) is 10.2 Å². The zero-order valence-electron chi connectivity index (χ0n) is 17.6. The Labute approximate surface area is 178 Å². The lowest BCUT2D eigenvalue weighted by Gasteiger charge is -2.23. The second-order valence-corrected chi connectivity index (χ2v) is 7.94. The van der Waals surface area contributed by atoms with Crippen LogP contribution in [0.3, 0.4) is 0 Å². The first-order valence-electron chi connectivity index (χ1n) is 10.8. The van der Waals surface area contributed by atoms with Crippen LogP contribution in [0.5, 0.6) is 17.2 Å². The van der Waals surface area contributed by atoms with Crippen LogP contribution in [0.2, 0.25) is 0 Å². The molecule has 0 aliphatic carbocycles. The highest BCUT2D eigenvalue weighted by Crippen LogP contribution is 2.32. The van der Waals surface area contributed by atoms with E-state index in [1.54, 1.807) is 0 Å². The van der Waals surface area contributed by atoms with Gasteiger partial charge in [-0.15, -0.1) is 0 Å². The number of fused-ring (bicyclic) bond motifs is 2. The Morgan fingerprint density at radius 3 is 2.90 bits per heavy atom. The third kappa shape index (κ3) is 5.25. The summed E-state index contributed by atoms with van der Waals surface area (Å²) in [7, 11) is 0. The largest absolute Gasteiger partial charge is 0.489 e. The van der Waals surface area contributed by atoms with Crippen molar-refractivity contribution in [1.29, 1.82) is 0 Å². The van der Waals surface area contributed by atoms with E-state index in [2.05, 4.69) is 29.3 Å². The summed E-state index contributed by atoms with van der Waals surface area (Å²) < 4.78 is 17.0. The average molecular weight is 411 g/mol. The summed E-state index contributed by atoms with van der Waals surface area (Å²) in [6, 6.07) is 14.0. The van der Waals surface area contributed by atoms with Gasteiger partial charge in [0.25, 0.3) is 0 Å². The molecule has 1 amide bonds. The summed E-state index contributed by atoms with van der Waals surface area (Å²) in [5.74, 6) is 2.53. The fraction of sp³-hybridized carbons (Fsp3) is 0.458. The van der Waals surface area contributed by atoms with E-state index in [4.69, 9.17) is 14.2 Å². The minimum absolute atomic E-state index is 0.0521. The van der Waals surface area contributed by atoms with Gasteiger partial charge in [0, 0.05) is 38.2 Å². The molecular formula is C24H30N2O4. The second-order valence-electron chi connectivity index (χ2n) is 7.94. The first kappa shape index (κ1) is 20.5. The number of unbranched alkanes of at least 4 members (excludes halogenated alkanes) is 1. The molecule has 2 aliphatic rings. The lowest BCUT2D eigenvalue weighted by molar-refractivity contribution is -0.121. The molecule has 2 aromatic carbocycles. The minimum Gasteiger partial charge on any atom is -0.489 e. The van der Waals surface area contributed by atoms with Crippen molar-refractivity contribution in [2.75, 3.05) is 19.9 Å². The van der Waals surface area contributed by atoms with Crippen LogP contribution in [0.4, 0.5) is 0 Å². The second kappa shape index (κ2) is 9.85. The van der Waals surface area contributed by atoms with Crippen LogP contribution in [0.15, 0.2) is 42.5 Å². The molecule has 0 saturated heterocycles. The Hall–Kier alpha value is -2.73. The van der Waals surface area contributed by atoms with E-state index >= 15 is 0 Å². The maximum absolute atomic E-state index is 12.5. The third-order valence-electron chi connectivity index (χ3n) is 5.58. The van der Waals surface area contributed by atoms with Gasteiger partial charge in [0.1, 0.15) is 11.9 Å². The fourth-order valence-corrected chi connectivity index (χ4v) is 3.91. The van der Waals surface area contributed by atoms with Crippen LogP contribution in [0, 0.1) is 0 Å². The van der Waals surface area contributed by atoms with Crippen LogP contribution < -0.4 is 19.5 Å². The molecule has 0 aromatic heterocycles. The topological polar surface area (TPSA) is 60.0 Å². The van der Waals surface area contributed by atoms with Crippen molar-refractivity contribution < 1.29 is 19.0 Å². The van der Waals surface area contributed by atoms with Gasteiger partial charge in [0.15, 0.2) is 11.5 Å². The number of benzene rings is 2. The van der Waals surface area contributed by atoms with Crippen molar-refractivity contribution in [2.24, 2.45) is 0 Å². The summed E-state index contributed by atoms with van der Waals surface area (Å²) in [5.41, 5.74) is 2.20. The van der Waals surface area contributed by atoms with Crippen LogP contribution >= 0.6 is 0 Å². The van der Waals surface area contributed by atoms with Crippen LogP contribution in [-0.4, -0.2) is 36.8 Å². The van der Waals surface area contributed by atoms with Crippen molar-refractivity contribution in [3.63, 3.8) is 0 Å². The van der Waals surface area contributed by atoms with Gasteiger partial charge >= 0.3 is 0 Å². The molecule has 0 fully saturated rings. The van der Waals surface area contributed by atoms with Gasteiger partial charge in [-0.2, -0.15) is 0 Å². The molecule has 30 heavy (non-hydrogen) atoms. The smallest absolute Gasteiger partial charge is 0.231 e. The number of nitrogens with zero attached hydrogens (tertiary/aromatic N) is 1. The van der Waals surface area contributed by atoms with Crippen LogP contribution in [0.1, 0.15) is 43.7 Å². The molecule has 0 saturated carbocycles. The number of hydrogen-bond acceptors (Lipinski definition) is 5. The van der Waals surface area contributed by atoms with E-state index in [1.165, 1.54) is 5.56 Å². The number of carbonyl (C=O) groups is 1. The lowest BCUT2D eigenvalue weighted by Crippen LogP contribution is -2.35. The van der Waals surface area contributed by atoms with E-state index in [9.17, 15) is 4.79 Å². The molecule has 0 radical (unpaired) electrons. The SMILES string of the molecule is CCCCC1CN(CCC(=O)NCc2ccc3c(c2)OCO3)Cc2ccccc2O1. The Bertz CT molecular complexity index is 870. The number of nitrogens with one attached hydrogen (secondary N) is 1. The predicted octanol–water partition coefficient (Wildman–Crippen LogP) is 3.88. The molecule has 2 aliphatic heterocycles. The van der Waals surface area contributed by atoms with E-state index in [0.29, 0.717) is 19.5 Å². The highest BCUT2D eigenvalue weighted by Gasteiger charge is 2.23. The van der Waals surface area contributed by atoms with Gasteiger partial charge in [0.2, 0.25) is 12.7 Å². The average Bonchev–Trinajstić information content (AvgIpc) is 3.15. The molecule has 6 nitrogen and oxygen atoms in total. The maximum atomic E-state index is 12.5. The molecule has 4 rings (SSSR count). The monoisotopic (exact) mass is 410 g/mol. The number of rotatable bonds is 8. The molecule has 160 valence electrons. The molecular weight excluding hydrogens is 380 g/mol. The lowest BCUT2D eigenvalue weighted by atomic mass is 10.1. The molecule has 2 heterocycles. The quantitative estimate of drug-likeness (QED) is 0.716. The van der Waals surface area contributed by atoms with E-state index in [1.807, 2.05) is 30.3 Å². The van der Waals surface area contributed by atoms with Crippen molar-refractivity contribution in [2.45, 2.75) is 51.8 Å². The summed E-state index contributed by atoms with van der Waals surface area (Å²) in [5, 5.41) is 3.02. The minimum atomic E-state index is 0.0521. The van der Waals surface area contributed by atoms with Crippen molar-refractivity contribution in [3.8, 4) is 17.2 Å². The summed E-state index contributed by atoms with van der Waals surface area (Å²) >= 11 is 0. The molecule has 0 spiro atoms. The molecule has 6 heteroatoms. The van der Waals surface area contributed by atoms with E-state index in [0.717, 1.165) is 55.2 Å². The number of ether oxygens (including phenoxy) is 3. The number of amides is 1. The zero-order valence-corrected chi connectivity index (χ0v) is 17.6. The normalized spacial score (nSPS) is 17.7. The Morgan fingerprint density at radius 1 is 1.13 bits per heavy atom. The number of carbonyl (C=O) groups excluding carboxylic acids is 1. The standard InChI is InChI=1S/C24H30N2O4/c1-2-3-7-20-16-26(15-19-6-4-5-8-21(19)30-20)12-11-24(27)25-14-18-9-10-22-23(13-18)29-17-28-22/h4-6,8-10,13,20H,2-3,7,11-12,14-17H2,1H3,(H,25,27). The van der Waals surface area contributed by atoms with Gasteiger partial charge in [-0.1, -0.05) is 37.6 Å². The van der Waals surface area contributed by atoms with Gasteiger partial charge in [-0.3, -0.25) is 9.69 Å². The summed E-state index contributed by atoms with van der Waals surface area (Å²) in [6.07, 6.45) is 3.98. The Balaban J connectivity index is 1.29. The van der Waals surface area contributed by atoms with Gasteiger partial charge < -0.3 is 19.5 Å². The van der Waals surface area contributed by atoms with Gasteiger partial charge in [0.05, 0.1) is 0 Å². The van der Waals surface area contributed by atoms with Gasteiger partial charge in [-0.05, 0) is 36.6 Å². The first-order valence-corrected chi connectivity index (χ1v) is 10.8. The van der Waals surface area contributed by atoms with Crippen molar-refractivity contribution in [3.05, 3.63) is 53.6 Å². The highest BCUT2D eigenvalue weighted by molar-refractivity contribution is 5.76. The zero-order chi connectivity index (χ0) is 20.8. The Kier molecular flexibility index (Phi) is 6.74. The van der Waals surface area contributed by atoms with Crippen LogP contribution in [-0.2, 0) is 17.9 Å². The number of para-hydroxylation sites is 1. The fourth-order valence-electron chi connectivity index (χ4n) is 3.91. The summed E-state index contributed by atoms with van der Waals surface area (Å²) in [4.78, 5) is 14.8. The van der Waals surface area contributed by atoms with Gasteiger partial charge in [-0.25, -0.2) is 0 Å². The van der Waals surface area contributed by atoms with E-state index in [-0.39, 0.29) is 18.8 Å². The molecule has 0 bridgehead atoms. The van der Waals surface area contributed by atoms with Crippen molar-refractivity contribution >= 4 is 5.91 Å². The molecule has 1 atom stereocenters. The molecule has 2 aromatic rings. The molecule has 1 unspecified atom stereocenters. The van der Waals surface area contributed by atoms with Crippen LogP contribution in [0.25, 0.3) is 0 Å². The molecule has 1 N–H and O–H groups in total. The summed E-state index contributed by atoms with van der Waals surface area (Å²) in [6.45, 7) is 5.33. The third-order valence-corrected chi connectivity index (χ3v) is 5.58. The predicted molar refractivity (Wildman–Crippen MR) is 115 cm³/mol. The number of hydrogen-bond donors (Lipinski definition) is 1. The van der Waals surface area contributed by atoms with E-state index < -0.39 is 0 Å². The highest BCUT2D eigenvalue weighted by atomic mass is 16.7. The Morgan fingerprint density at radius 2 is 2.00 bits per heavy atom.